The second kappa shape index (κ2) is 21.0. The molecular formula is C35H67N5O9. The minimum absolute atomic E-state index is 0.00332. The zero-order valence-corrected chi connectivity index (χ0v) is 31.5. The average Bonchev–Trinajstić information content (AvgIpc) is 2.97. The van der Waals surface area contributed by atoms with E-state index in [4.69, 9.17) is 21.9 Å². The van der Waals surface area contributed by atoms with Crippen LogP contribution >= 0.6 is 0 Å². The molecule has 14 nitrogen and oxygen atoms in total. The number of ether oxygens (including phenoxy) is 1. The molecule has 11 N–H and O–H groups in total. The number of aliphatic carboxylic acids is 1. The topological polar surface area (TPSA) is 257 Å². The minimum Gasteiger partial charge on any atom is -0.480 e. The number of rotatable bonds is 25. The van der Waals surface area contributed by atoms with Gasteiger partial charge in [0.05, 0.1) is 36.9 Å². The zero-order chi connectivity index (χ0) is 38.4. The molecule has 8 atom stereocenters. The Morgan fingerprint density at radius 2 is 1.33 bits per heavy atom. The fourth-order valence-electron chi connectivity index (χ4n) is 5.73. The van der Waals surface area contributed by atoms with Crippen molar-refractivity contribution < 1.29 is 44.0 Å². The molecule has 0 aromatic heterocycles. The fraction of sp³-hybridized carbons (Fsp3) is 0.857. The Labute approximate surface area is 293 Å². The summed E-state index contributed by atoms with van der Waals surface area (Å²) in [6, 6.07) is -6.53. The average molecular weight is 702 g/mol. The van der Waals surface area contributed by atoms with Crippen LogP contribution in [-0.4, -0.2) is 93.4 Å². The standard InChI is InChI=1S/C35H67N5O9/c1-11-12-13-14-15-49-35(48,26(17-20(4)5)39-31(44)23(10)36)34(33(46)47,27(42)18-25(41)24(37)16-19(2)3)30(43)29(22(8)9)40-32(45)28(38)21(6)7/h19-26,28-29,41,48H,11-18,36-38H2,1-10H3,(H,39,44)(H,40,45)(H,46,47)/t23-,24?,25?,26?,28-,29-,34?,35?/m0/s1. The van der Waals surface area contributed by atoms with Gasteiger partial charge in [0.1, 0.15) is 0 Å². The number of carboxylic acids is 1. The number of unbranched alkanes of at least 4 members (excludes halogenated alkanes) is 3. The van der Waals surface area contributed by atoms with Crippen LogP contribution in [-0.2, 0) is 28.7 Å². The monoisotopic (exact) mass is 701 g/mol. The van der Waals surface area contributed by atoms with Gasteiger partial charge in [-0.3, -0.25) is 24.0 Å². The molecule has 0 spiro atoms. The highest BCUT2D eigenvalue weighted by atomic mass is 16.6. The Bertz CT molecular complexity index is 1080. The molecule has 0 fully saturated rings. The van der Waals surface area contributed by atoms with Crippen LogP contribution in [0.3, 0.4) is 0 Å². The van der Waals surface area contributed by atoms with Crippen LogP contribution in [0.25, 0.3) is 0 Å². The molecule has 0 radical (unpaired) electrons. The number of nitrogens with one attached hydrogen (secondary N) is 2. The fourth-order valence-corrected chi connectivity index (χ4v) is 5.73. The molecule has 0 saturated heterocycles. The largest absolute Gasteiger partial charge is 0.480 e. The molecule has 286 valence electrons. The molecule has 14 heteroatoms. The highest BCUT2D eigenvalue weighted by Crippen LogP contribution is 2.43. The number of aliphatic hydroxyl groups excluding tert-OH is 1. The van der Waals surface area contributed by atoms with E-state index in [2.05, 4.69) is 10.6 Å². The molecule has 0 aromatic rings. The van der Waals surface area contributed by atoms with E-state index >= 15 is 0 Å². The second-order valence-corrected chi connectivity index (χ2v) is 15.0. The lowest BCUT2D eigenvalue weighted by molar-refractivity contribution is -0.276. The smallest absolute Gasteiger partial charge is 0.330 e. The Morgan fingerprint density at radius 1 is 0.776 bits per heavy atom. The molecule has 0 bridgehead atoms. The van der Waals surface area contributed by atoms with Crippen molar-refractivity contribution >= 4 is 29.4 Å². The number of ketones is 2. The van der Waals surface area contributed by atoms with Crippen molar-refractivity contribution in [2.45, 2.75) is 156 Å². The van der Waals surface area contributed by atoms with Gasteiger partial charge in [-0.1, -0.05) is 81.6 Å². The predicted molar refractivity (Wildman–Crippen MR) is 188 cm³/mol. The number of hydrogen-bond donors (Lipinski definition) is 8. The molecule has 49 heavy (non-hydrogen) atoms. The van der Waals surface area contributed by atoms with E-state index < -0.39 is 89.2 Å². The third-order valence-corrected chi connectivity index (χ3v) is 8.78. The van der Waals surface area contributed by atoms with Gasteiger partial charge in [0.15, 0.2) is 11.6 Å². The van der Waals surface area contributed by atoms with Crippen molar-refractivity contribution in [3.63, 3.8) is 0 Å². The molecule has 0 rings (SSSR count). The summed E-state index contributed by atoms with van der Waals surface area (Å²) < 4.78 is 6.04. The minimum atomic E-state index is -3.48. The summed E-state index contributed by atoms with van der Waals surface area (Å²) in [4.78, 5) is 69.8. The van der Waals surface area contributed by atoms with Gasteiger partial charge in [0, 0.05) is 12.5 Å². The van der Waals surface area contributed by atoms with E-state index in [0.717, 1.165) is 12.8 Å². The predicted octanol–water partition coefficient (Wildman–Crippen LogP) is 1.61. The van der Waals surface area contributed by atoms with E-state index in [-0.39, 0.29) is 37.2 Å². The van der Waals surface area contributed by atoms with Crippen molar-refractivity contribution in [2.24, 2.45) is 46.3 Å². The van der Waals surface area contributed by atoms with E-state index in [9.17, 15) is 39.3 Å². The summed E-state index contributed by atoms with van der Waals surface area (Å²) in [6.45, 7) is 16.7. The van der Waals surface area contributed by atoms with E-state index in [1.807, 2.05) is 20.8 Å². The number of carbonyl (C=O) groups excluding carboxylic acids is 4. The first-order chi connectivity index (χ1) is 22.5. The molecule has 0 saturated carbocycles. The van der Waals surface area contributed by atoms with Crippen LogP contribution < -0.4 is 27.8 Å². The van der Waals surface area contributed by atoms with Crippen LogP contribution in [0.15, 0.2) is 0 Å². The summed E-state index contributed by atoms with van der Waals surface area (Å²) in [7, 11) is 0. The van der Waals surface area contributed by atoms with Crippen molar-refractivity contribution in [3.8, 4) is 0 Å². The first kappa shape index (κ1) is 46.5. The number of carboxylic acid groups (broad SMARTS) is 1. The van der Waals surface area contributed by atoms with Gasteiger partial charge in [-0.15, -0.1) is 0 Å². The Morgan fingerprint density at radius 3 is 1.76 bits per heavy atom. The molecule has 0 heterocycles. The summed E-state index contributed by atoms with van der Waals surface area (Å²) in [5.41, 5.74) is 14.6. The lowest BCUT2D eigenvalue weighted by atomic mass is 9.63. The van der Waals surface area contributed by atoms with Crippen LogP contribution in [0.2, 0.25) is 0 Å². The second-order valence-electron chi connectivity index (χ2n) is 15.0. The Kier molecular flexibility index (Phi) is 19.9. The van der Waals surface area contributed by atoms with Crippen LogP contribution in [0, 0.1) is 29.1 Å². The molecule has 5 unspecified atom stereocenters. The molecule has 0 aromatic carbocycles. The lowest BCUT2D eigenvalue weighted by Gasteiger charge is -2.48. The van der Waals surface area contributed by atoms with Gasteiger partial charge in [0.2, 0.25) is 23.0 Å². The quantitative estimate of drug-likeness (QED) is 0.0384. The highest BCUT2D eigenvalue weighted by molar-refractivity contribution is 6.25. The van der Waals surface area contributed by atoms with Gasteiger partial charge in [-0.25, -0.2) is 0 Å². The summed E-state index contributed by atoms with van der Waals surface area (Å²) >= 11 is 0. The molecule has 0 aliphatic heterocycles. The first-order valence-electron chi connectivity index (χ1n) is 17.7. The third-order valence-electron chi connectivity index (χ3n) is 8.78. The molecule has 0 aliphatic rings. The zero-order valence-electron chi connectivity index (χ0n) is 31.5. The van der Waals surface area contributed by atoms with E-state index in [0.29, 0.717) is 12.8 Å². The van der Waals surface area contributed by atoms with Gasteiger partial charge >= 0.3 is 5.97 Å². The Balaban J connectivity index is 7.98. The maximum atomic E-state index is 15.0. The van der Waals surface area contributed by atoms with E-state index in [1.54, 1.807) is 27.7 Å². The van der Waals surface area contributed by atoms with Crippen molar-refractivity contribution in [1.29, 1.82) is 0 Å². The Hall–Kier alpha value is -2.49. The summed E-state index contributed by atoms with van der Waals surface area (Å²) in [6.07, 6.45) is 0.133. The first-order valence-corrected chi connectivity index (χ1v) is 17.7. The molecule has 0 aliphatic carbocycles. The maximum absolute atomic E-state index is 15.0. The number of amides is 2. The maximum Gasteiger partial charge on any atom is 0.330 e. The lowest BCUT2D eigenvalue weighted by Crippen LogP contribution is -2.75. The van der Waals surface area contributed by atoms with Crippen molar-refractivity contribution in [1.82, 2.24) is 10.6 Å². The van der Waals surface area contributed by atoms with Crippen molar-refractivity contribution in [3.05, 3.63) is 0 Å². The van der Waals surface area contributed by atoms with Gasteiger partial charge in [-0.05, 0) is 49.9 Å². The summed E-state index contributed by atoms with van der Waals surface area (Å²) in [5, 5.41) is 40.2. The van der Waals surface area contributed by atoms with Crippen LogP contribution in [0.1, 0.15) is 114 Å². The van der Waals surface area contributed by atoms with Crippen molar-refractivity contribution in [2.75, 3.05) is 6.61 Å². The van der Waals surface area contributed by atoms with Gasteiger partial charge in [-0.2, -0.15) is 0 Å². The SMILES string of the molecule is CCCCCCOC(O)(C(CC(C)C)NC(=O)[C@H](C)N)C(C(=O)O)(C(=O)CC(O)C(N)CC(C)C)C(=O)[C@@H](NC(=O)[C@@H](N)C(C)C)C(C)C. The number of Topliss-reactive ketones (excluding diaryl/α,β-unsaturated/α-hetero) is 2. The van der Waals surface area contributed by atoms with E-state index in [1.165, 1.54) is 20.8 Å². The number of aliphatic hydroxyl groups is 2. The molecular weight excluding hydrogens is 634 g/mol. The number of nitrogens with two attached hydrogens (primary N) is 3. The number of carbonyl (C=O) groups is 5. The summed E-state index contributed by atoms with van der Waals surface area (Å²) in [5.74, 6) is -11.2. The van der Waals surface area contributed by atoms with Crippen LogP contribution in [0.5, 0.6) is 0 Å². The highest BCUT2D eigenvalue weighted by Gasteiger charge is 2.71. The van der Waals surface area contributed by atoms with Crippen LogP contribution in [0.4, 0.5) is 0 Å². The molecule has 2 amide bonds. The normalized spacial score (nSPS) is 18.3. The number of hydrogen-bond acceptors (Lipinski definition) is 11. The third kappa shape index (κ3) is 12.7. The van der Waals surface area contributed by atoms with Gasteiger partial charge in [0.25, 0.3) is 0 Å². The van der Waals surface area contributed by atoms with Gasteiger partial charge < -0.3 is 47.9 Å².